The highest BCUT2D eigenvalue weighted by Crippen LogP contribution is 2.29. The fraction of sp³-hybridized carbons (Fsp3) is 0.217. The van der Waals surface area contributed by atoms with Gasteiger partial charge in [0.15, 0.2) is 0 Å². The predicted molar refractivity (Wildman–Crippen MR) is 225 cm³/mol. The maximum atomic E-state index is 13.0. The Labute approximate surface area is 329 Å². The standard InChI is InChI=1S/C46H45ClN4O4/c1-45(2,3)34-13-23-41(50-43(52)48-37-15-19-39(54-7)20-16-37)32(28-34)11-9-30-25-31(27-36(47)26-30)10-12-33-29-35(46(4,5)6)14-24-42(33)51-44(53)49-38-17-21-40(55-8)22-18-38/h13-29H,1-8H3,(H2,48,50,52)(H2,49,51,53). The van der Waals surface area contributed by atoms with E-state index >= 15 is 0 Å². The minimum absolute atomic E-state index is 0.145. The number of hydrogen-bond acceptors (Lipinski definition) is 4. The Balaban J connectivity index is 1.43. The number of hydrogen-bond donors (Lipinski definition) is 4. The van der Waals surface area contributed by atoms with E-state index in [4.69, 9.17) is 21.1 Å². The molecule has 0 aliphatic rings. The zero-order valence-electron chi connectivity index (χ0n) is 32.3. The molecule has 0 aliphatic carbocycles. The predicted octanol–water partition coefficient (Wildman–Crippen LogP) is 11.0. The van der Waals surface area contributed by atoms with Crippen LogP contribution in [-0.2, 0) is 10.8 Å². The lowest BCUT2D eigenvalue weighted by molar-refractivity contribution is 0.261. The molecule has 9 heteroatoms. The Morgan fingerprint density at radius 3 is 1.24 bits per heavy atom. The first-order valence-corrected chi connectivity index (χ1v) is 18.1. The summed E-state index contributed by atoms with van der Waals surface area (Å²) in [5, 5.41) is 12.1. The maximum absolute atomic E-state index is 13.0. The van der Waals surface area contributed by atoms with Gasteiger partial charge in [0.2, 0.25) is 0 Å². The molecule has 0 radical (unpaired) electrons. The molecule has 8 nitrogen and oxygen atoms in total. The van der Waals surface area contributed by atoms with Crippen LogP contribution in [-0.4, -0.2) is 26.3 Å². The van der Waals surface area contributed by atoms with Crippen LogP contribution in [0.15, 0.2) is 103 Å². The van der Waals surface area contributed by atoms with Gasteiger partial charge in [0.25, 0.3) is 0 Å². The van der Waals surface area contributed by atoms with E-state index in [2.05, 4.69) is 86.5 Å². The van der Waals surface area contributed by atoms with Gasteiger partial charge in [-0.1, -0.05) is 89.0 Å². The van der Waals surface area contributed by atoms with E-state index in [1.807, 2.05) is 42.5 Å². The van der Waals surface area contributed by atoms with Gasteiger partial charge in [-0.25, -0.2) is 9.59 Å². The second-order valence-electron chi connectivity index (χ2n) is 14.9. The molecule has 0 aliphatic heterocycles. The molecule has 0 saturated heterocycles. The molecule has 0 aromatic heterocycles. The smallest absolute Gasteiger partial charge is 0.323 e. The van der Waals surface area contributed by atoms with Gasteiger partial charge in [0, 0.05) is 38.7 Å². The van der Waals surface area contributed by atoms with Crippen molar-refractivity contribution in [2.75, 3.05) is 35.5 Å². The summed E-state index contributed by atoms with van der Waals surface area (Å²) < 4.78 is 10.4. The van der Waals surface area contributed by atoms with Gasteiger partial charge >= 0.3 is 12.1 Å². The first-order valence-electron chi connectivity index (χ1n) is 17.7. The van der Waals surface area contributed by atoms with Crippen molar-refractivity contribution in [3.8, 4) is 35.2 Å². The SMILES string of the molecule is COc1ccc(NC(=O)Nc2ccc(C(C)(C)C)cc2C#Cc2cc(Cl)cc(C#Cc3cc(C(C)(C)C)ccc3NC(=O)Nc3ccc(OC)cc3)c2)cc1. The number of carbonyl (C=O) groups is 2. The van der Waals surface area contributed by atoms with Crippen LogP contribution in [0.4, 0.5) is 32.3 Å². The molecule has 5 aromatic carbocycles. The monoisotopic (exact) mass is 752 g/mol. The number of methoxy groups -OCH3 is 2. The highest BCUT2D eigenvalue weighted by molar-refractivity contribution is 6.30. The molecule has 0 fully saturated rings. The molecule has 0 bridgehead atoms. The van der Waals surface area contributed by atoms with Gasteiger partial charge in [-0.05, 0) is 113 Å². The maximum Gasteiger partial charge on any atom is 0.323 e. The van der Waals surface area contributed by atoms with E-state index in [-0.39, 0.29) is 10.8 Å². The Bertz CT molecular complexity index is 2150. The summed E-state index contributed by atoms with van der Waals surface area (Å²) in [6, 6.07) is 30.4. The highest BCUT2D eigenvalue weighted by atomic mass is 35.5. The fourth-order valence-corrected chi connectivity index (χ4v) is 5.61. The lowest BCUT2D eigenvalue weighted by atomic mass is 9.86. The summed E-state index contributed by atoms with van der Waals surface area (Å²) >= 11 is 6.59. The van der Waals surface area contributed by atoms with Crippen LogP contribution >= 0.6 is 11.6 Å². The summed E-state index contributed by atoms with van der Waals surface area (Å²) in [4.78, 5) is 26.0. The van der Waals surface area contributed by atoms with Crippen LogP contribution in [0, 0.1) is 23.7 Å². The molecule has 4 N–H and O–H groups in total. The number of carbonyl (C=O) groups excluding carboxylic acids is 2. The Hall–Kier alpha value is -6.35. The third-order valence-electron chi connectivity index (χ3n) is 8.54. The van der Waals surface area contributed by atoms with E-state index in [0.717, 1.165) is 11.1 Å². The minimum atomic E-state index is -0.403. The van der Waals surface area contributed by atoms with Crippen molar-refractivity contribution in [2.45, 2.75) is 52.4 Å². The van der Waals surface area contributed by atoms with E-state index in [1.165, 1.54) is 0 Å². The molecule has 5 aromatic rings. The van der Waals surface area contributed by atoms with Crippen molar-refractivity contribution in [1.29, 1.82) is 0 Å². The zero-order valence-corrected chi connectivity index (χ0v) is 33.1. The van der Waals surface area contributed by atoms with E-state index in [0.29, 0.717) is 61.5 Å². The summed E-state index contributed by atoms with van der Waals surface area (Å²) in [5.74, 6) is 14.4. The number of halogens is 1. The van der Waals surface area contributed by atoms with E-state index in [9.17, 15) is 9.59 Å². The Morgan fingerprint density at radius 2 is 0.891 bits per heavy atom. The van der Waals surface area contributed by atoms with Crippen molar-refractivity contribution in [2.24, 2.45) is 0 Å². The fourth-order valence-electron chi connectivity index (χ4n) is 5.38. The highest BCUT2D eigenvalue weighted by Gasteiger charge is 2.18. The number of rotatable bonds is 6. The van der Waals surface area contributed by atoms with Crippen molar-refractivity contribution < 1.29 is 19.1 Å². The van der Waals surface area contributed by atoms with Gasteiger partial charge in [-0.15, -0.1) is 0 Å². The molecule has 55 heavy (non-hydrogen) atoms. The second kappa shape index (κ2) is 17.2. The van der Waals surface area contributed by atoms with Gasteiger partial charge < -0.3 is 30.7 Å². The summed E-state index contributed by atoms with van der Waals surface area (Å²) in [7, 11) is 3.18. The number of anilines is 4. The van der Waals surface area contributed by atoms with Gasteiger partial charge in [0.05, 0.1) is 25.6 Å². The van der Waals surface area contributed by atoms with Crippen LogP contribution in [0.1, 0.15) is 74.9 Å². The molecule has 5 rings (SSSR count). The molecule has 4 amide bonds. The van der Waals surface area contributed by atoms with Crippen LogP contribution < -0.4 is 30.7 Å². The zero-order chi connectivity index (χ0) is 39.8. The van der Waals surface area contributed by atoms with Crippen molar-refractivity contribution in [1.82, 2.24) is 0 Å². The minimum Gasteiger partial charge on any atom is -0.497 e. The summed E-state index contributed by atoms with van der Waals surface area (Å²) in [6.07, 6.45) is 0. The molecule has 0 spiro atoms. The Kier molecular flexibility index (Phi) is 12.5. The van der Waals surface area contributed by atoms with Crippen LogP contribution in [0.25, 0.3) is 0 Å². The second-order valence-corrected chi connectivity index (χ2v) is 15.3. The molecular formula is C46H45ClN4O4. The number of amides is 4. The number of urea groups is 2. The van der Waals surface area contributed by atoms with Crippen LogP contribution in [0.2, 0.25) is 5.02 Å². The molecule has 0 unspecified atom stereocenters. The van der Waals surface area contributed by atoms with Gasteiger partial charge in [-0.3, -0.25) is 0 Å². The van der Waals surface area contributed by atoms with E-state index in [1.54, 1.807) is 74.9 Å². The topological polar surface area (TPSA) is 101 Å². The summed E-state index contributed by atoms with van der Waals surface area (Å²) in [6.45, 7) is 12.7. The number of benzene rings is 5. The lowest BCUT2D eigenvalue weighted by Crippen LogP contribution is -2.20. The van der Waals surface area contributed by atoms with Crippen molar-refractivity contribution in [3.63, 3.8) is 0 Å². The molecule has 0 atom stereocenters. The molecule has 0 heterocycles. The molecule has 280 valence electrons. The molecule has 0 saturated carbocycles. The van der Waals surface area contributed by atoms with Gasteiger partial charge in [0.1, 0.15) is 11.5 Å². The average molecular weight is 753 g/mol. The number of nitrogens with one attached hydrogen (secondary N) is 4. The third kappa shape index (κ3) is 11.3. The first-order chi connectivity index (χ1) is 26.1. The van der Waals surface area contributed by atoms with Crippen LogP contribution in [0.5, 0.6) is 11.5 Å². The average Bonchev–Trinajstić information content (AvgIpc) is 3.13. The number of ether oxygens (including phenoxy) is 2. The van der Waals surface area contributed by atoms with Crippen molar-refractivity contribution in [3.05, 3.63) is 142 Å². The normalized spacial score (nSPS) is 10.9. The Morgan fingerprint density at radius 1 is 0.509 bits per heavy atom. The first kappa shape index (κ1) is 39.8. The third-order valence-corrected chi connectivity index (χ3v) is 8.76. The lowest BCUT2D eigenvalue weighted by Gasteiger charge is -2.20. The van der Waals surface area contributed by atoms with Gasteiger partial charge in [-0.2, -0.15) is 0 Å². The van der Waals surface area contributed by atoms with Crippen molar-refractivity contribution >= 4 is 46.4 Å². The summed E-state index contributed by atoms with van der Waals surface area (Å²) in [5.41, 5.74) is 6.78. The largest absolute Gasteiger partial charge is 0.497 e. The quantitative estimate of drug-likeness (QED) is 0.130. The van der Waals surface area contributed by atoms with Crippen LogP contribution in [0.3, 0.4) is 0 Å². The van der Waals surface area contributed by atoms with E-state index < -0.39 is 12.1 Å². The molecular weight excluding hydrogens is 708 g/mol.